The molecule has 0 aliphatic rings. The zero-order valence-electron chi connectivity index (χ0n) is 12.7. The molecule has 0 unspecified atom stereocenters. The third kappa shape index (κ3) is 2.47. The van der Waals surface area contributed by atoms with Crippen molar-refractivity contribution in [2.75, 3.05) is 5.73 Å². The summed E-state index contributed by atoms with van der Waals surface area (Å²) in [5, 5.41) is 2.41. The molecule has 0 saturated heterocycles. The first kappa shape index (κ1) is 13.6. The highest BCUT2D eigenvalue weighted by atomic mass is 14.6. The van der Waals surface area contributed by atoms with Crippen LogP contribution in [0.25, 0.3) is 33.0 Å². The Labute approximate surface area is 136 Å². The van der Waals surface area contributed by atoms with Gasteiger partial charge in [0.2, 0.25) is 0 Å². The minimum atomic E-state index is 0.816. The maximum atomic E-state index is 6.27. The second kappa shape index (κ2) is 5.62. The number of hydrogen-bond donors (Lipinski definition) is 1. The summed E-state index contributed by atoms with van der Waals surface area (Å²) < 4.78 is 0. The lowest BCUT2D eigenvalue weighted by atomic mass is 9.95. The number of nitrogens with two attached hydrogens (primary N) is 1. The van der Waals surface area contributed by atoms with Crippen molar-refractivity contribution < 1.29 is 0 Å². The summed E-state index contributed by atoms with van der Waals surface area (Å²) >= 11 is 0. The first-order chi connectivity index (χ1) is 11.3. The molecule has 0 aromatic heterocycles. The van der Waals surface area contributed by atoms with E-state index >= 15 is 0 Å². The molecule has 0 aliphatic heterocycles. The van der Waals surface area contributed by atoms with Crippen LogP contribution in [-0.2, 0) is 0 Å². The van der Waals surface area contributed by atoms with E-state index in [1.807, 2.05) is 12.1 Å². The second-order valence-electron chi connectivity index (χ2n) is 5.69. The molecule has 0 saturated carbocycles. The lowest BCUT2D eigenvalue weighted by molar-refractivity contribution is 1.60. The van der Waals surface area contributed by atoms with E-state index in [9.17, 15) is 0 Å². The third-order valence-electron chi connectivity index (χ3n) is 4.24. The monoisotopic (exact) mass is 295 g/mol. The van der Waals surface area contributed by atoms with Crippen LogP contribution < -0.4 is 5.73 Å². The Bertz CT molecular complexity index is 954. The standard InChI is InChI=1S/C22H17N/c23-21-15-14-18-8-4-5-9-20(18)22(21)19-12-10-17(11-13-19)16-6-2-1-3-7-16/h1-15H,23H2. The Hall–Kier alpha value is -3.06. The van der Waals surface area contributed by atoms with Crippen molar-refractivity contribution in [2.45, 2.75) is 0 Å². The molecular formula is C22H17N. The highest BCUT2D eigenvalue weighted by molar-refractivity contribution is 6.02. The molecule has 1 heteroatoms. The van der Waals surface area contributed by atoms with Gasteiger partial charge in [-0.05, 0) is 33.5 Å². The van der Waals surface area contributed by atoms with E-state index in [-0.39, 0.29) is 0 Å². The van der Waals surface area contributed by atoms with Crippen molar-refractivity contribution in [1.29, 1.82) is 0 Å². The fourth-order valence-corrected chi connectivity index (χ4v) is 3.07. The first-order valence-electron chi connectivity index (χ1n) is 7.76. The highest BCUT2D eigenvalue weighted by Gasteiger charge is 2.08. The van der Waals surface area contributed by atoms with E-state index in [1.54, 1.807) is 0 Å². The molecule has 23 heavy (non-hydrogen) atoms. The number of fused-ring (bicyclic) bond motifs is 1. The maximum Gasteiger partial charge on any atom is 0.0400 e. The van der Waals surface area contributed by atoms with Crippen molar-refractivity contribution in [1.82, 2.24) is 0 Å². The van der Waals surface area contributed by atoms with Crippen molar-refractivity contribution in [3.63, 3.8) is 0 Å². The Balaban J connectivity index is 1.84. The fourth-order valence-electron chi connectivity index (χ4n) is 3.07. The van der Waals surface area contributed by atoms with Gasteiger partial charge in [-0.15, -0.1) is 0 Å². The summed E-state index contributed by atoms with van der Waals surface area (Å²) in [4.78, 5) is 0. The molecule has 0 fully saturated rings. The fraction of sp³-hybridized carbons (Fsp3) is 0. The van der Waals surface area contributed by atoms with E-state index in [1.165, 1.54) is 21.9 Å². The molecule has 4 aromatic carbocycles. The summed E-state index contributed by atoms with van der Waals surface area (Å²) in [5.74, 6) is 0. The van der Waals surface area contributed by atoms with Crippen LogP contribution in [0.1, 0.15) is 0 Å². The van der Waals surface area contributed by atoms with Crippen LogP contribution in [0.2, 0.25) is 0 Å². The van der Waals surface area contributed by atoms with Crippen LogP contribution in [0, 0.1) is 0 Å². The van der Waals surface area contributed by atoms with Gasteiger partial charge in [0.05, 0.1) is 0 Å². The summed E-state index contributed by atoms with van der Waals surface area (Å²) in [5.41, 5.74) is 11.8. The van der Waals surface area contributed by atoms with Crippen LogP contribution in [0.15, 0.2) is 91.0 Å². The van der Waals surface area contributed by atoms with Crippen LogP contribution >= 0.6 is 0 Å². The average Bonchev–Trinajstić information content (AvgIpc) is 2.63. The highest BCUT2D eigenvalue weighted by Crippen LogP contribution is 2.34. The molecule has 0 aliphatic carbocycles. The number of benzene rings is 4. The van der Waals surface area contributed by atoms with E-state index < -0.39 is 0 Å². The minimum Gasteiger partial charge on any atom is -0.398 e. The van der Waals surface area contributed by atoms with Crippen molar-refractivity contribution >= 4 is 16.5 Å². The van der Waals surface area contributed by atoms with Crippen molar-refractivity contribution in [2.24, 2.45) is 0 Å². The Morgan fingerprint density at radius 1 is 0.478 bits per heavy atom. The first-order valence-corrected chi connectivity index (χ1v) is 7.76. The zero-order chi connectivity index (χ0) is 15.6. The average molecular weight is 295 g/mol. The lowest BCUT2D eigenvalue weighted by Crippen LogP contribution is -1.91. The Kier molecular flexibility index (Phi) is 3.32. The summed E-state index contributed by atoms with van der Waals surface area (Å²) in [6, 6.07) is 31.5. The smallest absolute Gasteiger partial charge is 0.0400 e. The van der Waals surface area contributed by atoms with Gasteiger partial charge in [-0.3, -0.25) is 0 Å². The second-order valence-corrected chi connectivity index (χ2v) is 5.69. The maximum absolute atomic E-state index is 6.27. The Morgan fingerprint density at radius 3 is 1.87 bits per heavy atom. The van der Waals surface area contributed by atoms with Gasteiger partial charge >= 0.3 is 0 Å². The van der Waals surface area contributed by atoms with Gasteiger partial charge in [-0.1, -0.05) is 84.9 Å². The predicted molar refractivity (Wildman–Crippen MR) is 99.2 cm³/mol. The molecule has 1 nitrogen and oxygen atoms in total. The van der Waals surface area contributed by atoms with Crippen molar-refractivity contribution in [3.05, 3.63) is 91.0 Å². The normalized spacial score (nSPS) is 10.8. The van der Waals surface area contributed by atoms with Gasteiger partial charge in [0.25, 0.3) is 0 Å². The minimum absolute atomic E-state index is 0.816. The topological polar surface area (TPSA) is 26.0 Å². The SMILES string of the molecule is Nc1ccc2ccccc2c1-c1ccc(-c2ccccc2)cc1. The molecule has 0 heterocycles. The molecule has 0 atom stereocenters. The summed E-state index contributed by atoms with van der Waals surface area (Å²) in [7, 11) is 0. The van der Waals surface area contributed by atoms with Gasteiger partial charge < -0.3 is 5.73 Å². The van der Waals surface area contributed by atoms with Crippen LogP contribution in [0.5, 0.6) is 0 Å². The van der Waals surface area contributed by atoms with Crippen LogP contribution in [0.3, 0.4) is 0 Å². The molecule has 0 bridgehead atoms. The molecular weight excluding hydrogens is 278 g/mol. The van der Waals surface area contributed by atoms with E-state index in [2.05, 4.69) is 78.9 Å². The van der Waals surface area contributed by atoms with E-state index in [0.29, 0.717) is 0 Å². The number of hydrogen-bond acceptors (Lipinski definition) is 1. The summed E-state index contributed by atoms with van der Waals surface area (Å²) in [6.45, 7) is 0. The number of nitrogen functional groups attached to an aromatic ring is 1. The molecule has 4 aromatic rings. The summed E-state index contributed by atoms with van der Waals surface area (Å²) in [6.07, 6.45) is 0. The molecule has 110 valence electrons. The van der Waals surface area contributed by atoms with Gasteiger partial charge in [0, 0.05) is 11.3 Å². The largest absolute Gasteiger partial charge is 0.398 e. The number of anilines is 1. The van der Waals surface area contributed by atoms with E-state index in [0.717, 1.165) is 16.8 Å². The van der Waals surface area contributed by atoms with Crippen LogP contribution in [0.4, 0.5) is 5.69 Å². The molecule has 2 N–H and O–H groups in total. The van der Waals surface area contributed by atoms with Gasteiger partial charge in [0.15, 0.2) is 0 Å². The third-order valence-corrected chi connectivity index (χ3v) is 4.24. The van der Waals surface area contributed by atoms with Gasteiger partial charge in [-0.25, -0.2) is 0 Å². The number of rotatable bonds is 2. The van der Waals surface area contributed by atoms with Crippen LogP contribution in [-0.4, -0.2) is 0 Å². The van der Waals surface area contributed by atoms with Gasteiger partial charge in [-0.2, -0.15) is 0 Å². The van der Waals surface area contributed by atoms with Gasteiger partial charge in [0.1, 0.15) is 0 Å². The molecule has 0 amide bonds. The quantitative estimate of drug-likeness (QED) is 0.468. The molecule has 0 spiro atoms. The van der Waals surface area contributed by atoms with Crippen molar-refractivity contribution in [3.8, 4) is 22.3 Å². The molecule has 0 radical (unpaired) electrons. The lowest BCUT2D eigenvalue weighted by Gasteiger charge is -2.11. The molecule has 4 rings (SSSR count). The Morgan fingerprint density at radius 2 is 1.09 bits per heavy atom. The predicted octanol–water partition coefficient (Wildman–Crippen LogP) is 5.76. The zero-order valence-corrected chi connectivity index (χ0v) is 12.7. The van der Waals surface area contributed by atoms with E-state index in [4.69, 9.17) is 5.73 Å².